The van der Waals surface area contributed by atoms with Crippen molar-refractivity contribution in [3.8, 4) is 0 Å². The number of nitrogens with one attached hydrogen (secondary N) is 1. The Labute approximate surface area is 149 Å². The third-order valence-electron chi connectivity index (χ3n) is 4.83. The van der Waals surface area contributed by atoms with Crippen molar-refractivity contribution in [1.82, 2.24) is 10.2 Å². The Hall–Kier alpha value is -2.17. The molecule has 0 radical (unpaired) electrons. The van der Waals surface area contributed by atoms with E-state index < -0.39 is 5.54 Å². The van der Waals surface area contributed by atoms with Gasteiger partial charge in [0.2, 0.25) is 5.91 Å². The molecule has 1 amide bonds. The number of carbonyl (C=O) groups excluding carboxylic acids is 1. The van der Waals surface area contributed by atoms with Crippen molar-refractivity contribution in [3.05, 3.63) is 71.3 Å². The van der Waals surface area contributed by atoms with Gasteiger partial charge in [-0.3, -0.25) is 4.79 Å². The van der Waals surface area contributed by atoms with Gasteiger partial charge in [-0.1, -0.05) is 54.6 Å². The van der Waals surface area contributed by atoms with Crippen molar-refractivity contribution in [2.75, 3.05) is 19.7 Å². The Bertz CT molecular complexity index is 728. The van der Waals surface area contributed by atoms with Crippen LogP contribution in [0, 0.1) is 0 Å². The Morgan fingerprint density at radius 3 is 2.56 bits per heavy atom. The van der Waals surface area contributed by atoms with E-state index >= 15 is 0 Å². The largest absolute Gasteiger partial charge is 0.394 e. The summed E-state index contributed by atoms with van der Waals surface area (Å²) in [5.41, 5.74) is 3.18. The summed E-state index contributed by atoms with van der Waals surface area (Å²) in [6, 6.07) is 18.5. The lowest BCUT2D eigenvalue weighted by Gasteiger charge is -2.38. The highest BCUT2D eigenvalue weighted by Crippen LogP contribution is 2.34. The molecule has 132 valence electrons. The highest BCUT2D eigenvalue weighted by atomic mass is 16.3. The average molecular weight is 338 g/mol. The van der Waals surface area contributed by atoms with Gasteiger partial charge in [-0.05, 0) is 37.0 Å². The van der Waals surface area contributed by atoms with Gasteiger partial charge in [-0.15, -0.1) is 0 Å². The molecule has 4 heteroatoms. The molecule has 0 bridgehead atoms. The van der Waals surface area contributed by atoms with E-state index in [1.165, 1.54) is 11.1 Å². The molecule has 0 spiro atoms. The number of nitrogens with zero attached hydrogens (tertiary/aromatic N) is 1. The molecule has 2 aromatic carbocycles. The van der Waals surface area contributed by atoms with Crippen LogP contribution in [0.5, 0.6) is 0 Å². The molecule has 1 atom stereocenters. The summed E-state index contributed by atoms with van der Waals surface area (Å²) in [6.07, 6.45) is 0.870. The number of amides is 1. The maximum atomic E-state index is 12.9. The zero-order valence-corrected chi connectivity index (χ0v) is 14.9. The zero-order chi connectivity index (χ0) is 17.9. The molecule has 2 N–H and O–H groups in total. The van der Waals surface area contributed by atoms with E-state index in [0.717, 1.165) is 12.0 Å². The van der Waals surface area contributed by atoms with E-state index in [-0.39, 0.29) is 25.1 Å². The van der Waals surface area contributed by atoms with Crippen LogP contribution in [0.15, 0.2) is 54.6 Å². The van der Waals surface area contributed by atoms with Crippen molar-refractivity contribution in [2.45, 2.75) is 31.8 Å². The highest BCUT2D eigenvalue weighted by molar-refractivity contribution is 5.80. The summed E-state index contributed by atoms with van der Waals surface area (Å²) in [4.78, 5) is 14.9. The molecule has 0 saturated carbocycles. The molecule has 25 heavy (non-hydrogen) atoms. The third-order valence-corrected chi connectivity index (χ3v) is 4.83. The molecule has 0 aromatic heterocycles. The van der Waals surface area contributed by atoms with Crippen LogP contribution >= 0.6 is 0 Å². The summed E-state index contributed by atoms with van der Waals surface area (Å²) in [5.74, 6) is 0.0601. The second-order valence-corrected chi connectivity index (χ2v) is 7.24. The van der Waals surface area contributed by atoms with Crippen molar-refractivity contribution < 1.29 is 9.90 Å². The van der Waals surface area contributed by atoms with Gasteiger partial charge in [0.15, 0.2) is 0 Å². The standard InChI is InChI=1S/C21H26N2O2/c1-21(2,15-24)22-14-19(25)23-13-12-16-8-6-7-11-18(16)20(23)17-9-4-3-5-10-17/h3-11,20,22,24H,12-15H2,1-2H3/t20-/m0/s1. The minimum absolute atomic E-state index is 0.00870. The van der Waals surface area contributed by atoms with Crippen molar-refractivity contribution >= 4 is 5.91 Å². The maximum absolute atomic E-state index is 12.9. The molecule has 1 aliphatic rings. The summed E-state index contributed by atoms with van der Waals surface area (Å²) in [7, 11) is 0. The lowest BCUT2D eigenvalue weighted by Crippen LogP contribution is -2.50. The van der Waals surface area contributed by atoms with Crippen LogP contribution in [0.3, 0.4) is 0 Å². The van der Waals surface area contributed by atoms with Gasteiger partial charge in [-0.2, -0.15) is 0 Å². The van der Waals surface area contributed by atoms with Crippen LogP contribution in [0.25, 0.3) is 0 Å². The number of aliphatic hydroxyl groups excluding tert-OH is 1. The van der Waals surface area contributed by atoms with Crippen molar-refractivity contribution in [3.63, 3.8) is 0 Å². The number of aliphatic hydroxyl groups is 1. The molecular formula is C21H26N2O2. The van der Waals surface area contributed by atoms with Gasteiger partial charge < -0.3 is 15.3 Å². The van der Waals surface area contributed by atoms with E-state index in [1.54, 1.807) is 0 Å². The molecule has 0 aliphatic carbocycles. The summed E-state index contributed by atoms with van der Waals surface area (Å²) >= 11 is 0. The molecule has 3 rings (SSSR count). The zero-order valence-electron chi connectivity index (χ0n) is 14.9. The molecule has 0 unspecified atom stereocenters. The molecule has 0 saturated heterocycles. The van der Waals surface area contributed by atoms with Crippen LogP contribution < -0.4 is 5.32 Å². The van der Waals surface area contributed by atoms with Gasteiger partial charge in [0, 0.05) is 12.1 Å². The van der Waals surface area contributed by atoms with Crippen LogP contribution in [-0.2, 0) is 11.2 Å². The lowest BCUT2D eigenvalue weighted by molar-refractivity contribution is -0.132. The number of benzene rings is 2. The van der Waals surface area contributed by atoms with Crippen LogP contribution in [0.1, 0.15) is 36.6 Å². The minimum Gasteiger partial charge on any atom is -0.394 e. The molecule has 2 aromatic rings. The van der Waals surface area contributed by atoms with Gasteiger partial charge in [0.25, 0.3) is 0 Å². The first kappa shape index (κ1) is 17.6. The van der Waals surface area contributed by atoms with Crippen molar-refractivity contribution in [2.24, 2.45) is 0 Å². The Morgan fingerprint density at radius 2 is 1.84 bits per heavy atom. The Balaban J connectivity index is 1.89. The SMILES string of the molecule is CC(C)(CO)NCC(=O)N1CCc2ccccc2[C@@H]1c1ccccc1. The third kappa shape index (κ3) is 3.91. The number of hydrogen-bond donors (Lipinski definition) is 2. The second-order valence-electron chi connectivity index (χ2n) is 7.24. The summed E-state index contributed by atoms with van der Waals surface area (Å²) in [5, 5.41) is 12.6. The van der Waals surface area contributed by atoms with E-state index in [1.807, 2.05) is 43.0 Å². The first-order valence-corrected chi connectivity index (χ1v) is 8.80. The highest BCUT2D eigenvalue weighted by Gasteiger charge is 2.32. The topological polar surface area (TPSA) is 52.6 Å². The fraction of sp³-hybridized carbons (Fsp3) is 0.381. The van der Waals surface area contributed by atoms with Gasteiger partial charge in [0.1, 0.15) is 0 Å². The molecule has 1 heterocycles. The van der Waals surface area contributed by atoms with E-state index in [2.05, 4.69) is 35.6 Å². The number of rotatable bonds is 5. The number of fused-ring (bicyclic) bond motifs is 1. The van der Waals surface area contributed by atoms with Gasteiger partial charge in [-0.25, -0.2) is 0 Å². The summed E-state index contributed by atoms with van der Waals surface area (Å²) in [6.45, 7) is 4.70. The fourth-order valence-corrected chi connectivity index (χ4v) is 3.30. The normalized spacial score (nSPS) is 17.2. The van der Waals surface area contributed by atoms with E-state index in [0.29, 0.717) is 6.54 Å². The Morgan fingerprint density at radius 1 is 1.16 bits per heavy atom. The number of carbonyl (C=O) groups is 1. The van der Waals surface area contributed by atoms with E-state index in [4.69, 9.17) is 0 Å². The first-order valence-electron chi connectivity index (χ1n) is 8.80. The van der Waals surface area contributed by atoms with Crippen LogP contribution in [-0.4, -0.2) is 41.1 Å². The van der Waals surface area contributed by atoms with Gasteiger partial charge >= 0.3 is 0 Å². The average Bonchev–Trinajstić information content (AvgIpc) is 2.66. The predicted octanol–water partition coefficient (Wildman–Crippen LogP) is 2.52. The fourth-order valence-electron chi connectivity index (χ4n) is 3.30. The second kappa shape index (κ2) is 7.38. The van der Waals surface area contributed by atoms with Gasteiger partial charge in [0.05, 0.1) is 19.2 Å². The molecule has 1 aliphatic heterocycles. The minimum atomic E-state index is -0.467. The molecule has 0 fully saturated rings. The Kier molecular flexibility index (Phi) is 5.21. The van der Waals surface area contributed by atoms with Crippen LogP contribution in [0.2, 0.25) is 0 Å². The van der Waals surface area contributed by atoms with E-state index in [9.17, 15) is 9.90 Å². The smallest absolute Gasteiger partial charge is 0.237 e. The number of hydrogen-bond acceptors (Lipinski definition) is 3. The molecular weight excluding hydrogens is 312 g/mol. The quantitative estimate of drug-likeness (QED) is 0.881. The van der Waals surface area contributed by atoms with Crippen LogP contribution in [0.4, 0.5) is 0 Å². The van der Waals surface area contributed by atoms with Crippen molar-refractivity contribution in [1.29, 1.82) is 0 Å². The summed E-state index contributed by atoms with van der Waals surface area (Å²) < 4.78 is 0. The predicted molar refractivity (Wildman–Crippen MR) is 99.3 cm³/mol. The lowest BCUT2D eigenvalue weighted by atomic mass is 9.88. The molecule has 4 nitrogen and oxygen atoms in total. The monoisotopic (exact) mass is 338 g/mol. The first-order chi connectivity index (χ1) is 12.0. The maximum Gasteiger partial charge on any atom is 0.237 e.